The van der Waals surface area contributed by atoms with Crippen LogP contribution in [0, 0.1) is 0 Å². The zero-order valence-corrected chi connectivity index (χ0v) is 19.6. The second-order valence-corrected chi connectivity index (χ2v) is 8.76. The summed E-state index contributed by atoms with van der Waals surface area (Å²) < 4.78 is 11.2. The number of amides is 1. The molecule has 1 aromatic heterocycles. The van der Waals surface area contributed by atoms with Crippen molar-refractivity contribution >= 4 is 22.8 Å². The van der Waals surface area contributed by atoms with E-state index in [1.807, 2.05) is 4.90 Å². The Morgan fingerprint density at radius 2 is 1.76 bits per heavy atom. The number of H-pyrrole nitrogens is 1. The largest absolute Gasteiger partial charge is 0.484 e. The van der Waals surface area contributed by atoms with Gasteiger partial charge in [0, 0.05) is 12.1 Å². The van der Waals surface area contributed by atoms with Gasteiger partial charge >= 0.3 is 5.97 Å². The van der Waals surface area contributed by atoms with E-state index in [2.05, 4.69) is 23.8 Å². The minimum atomic E-state index is -0.744. The van der Waals surface area contributed by atoms with Gasteiger partial charge in [-0.15, -0.1) is 0 Å². The van der Waals surface area contributed by atoms with E-state index in [0.717, 1.165) is 19.3 Å². The number of rotatable bonds is 6. The molecule has 1 amide bonds. The molecule has 1 saturated heterocycles. The molecule has 0 aliphatic carbocycles. The van der Waals surface area contributed by atoms with Crippen molar-refractivity contribution in [1.29, 1.82) is 0 Å². The van der Waals surface area contributed by atoms with Crippen molar-refractivity contribution in [1.82, 2.24) is 14.9 Å². The number of aromatic amines is 1. The summed E-state index contributed by atoms with van der Waals surface area (Å²) in [6.07, 6.45) is 2.41. The van der Waals surface area contributed by atoms with Crippen LogP contribution in [0.2, 0.25) is 0 Å². The van der Waals surface area contributed by atoms with E-state index in [0.29, 0.717) is 22.2 Å². The normalized spacial score (nSPS) is 19.0. The zero-order chi connectivity index (χ0) is 24.2. The van der Waals surface area contributed by atoms with Gasteiger partial charge in [0.05, 0.1) is 16.5 Å². The lowest BCUT2D eigenvalue weighted by Crippen LogP contribution is -2.49. The third-order valence-corrected chi connectivity index (χ3v) is 6.23. The predicted molar refractivity (Wildman–Crippen MR) is 128 cm³/mol. The van der Waals surface area contributed by atoms with Gasteiger partial charge in [0.15, 0.2) is 18.5 Å². The maximum Gasteiger partial charge on any atom is 0.338 e. The zero-order valence-electron chi connectivity index (χ0n) is 19.6. The molecular weight excluding hydrogens is 434 g/mol. The second-order valence-electron chi connectivity index (χ2n) is 8.76. The molecule has 8 nitrogen and oxygen atoms in total. The van der Waals surface area contributed by atoms with Crippen LogP contribution in [0.3, 0.4) is 0 Å². The second kappa shape index (κ2) is 10.1. The van der Waals surface area contributed by atoms with Crippen molar-refractivity contribution < 1.29 is 19.1 Å². The highest BCUT2D eigenvalue weighted by atomic mass is 16.5. The number of para-hydroxylation sites is 1. The molecule has 0 bridgehead atoms. The molecule has 1 aliphatic heterocycles. The first-order valence-corrected chi connectivity index (χ1v) is 11.6. The molecular formula is C26H29N3O5. The molecule has 3 atom stereocenters. The lowest BCUT2D eigenvalue weighted by Gasteiger charge is -2.38. The van der Waals surface area contributed by atoms with E-state index < -0.39 is 12.1 Å². The number of carbonyl (C=O) groups excluding carboxylic acids is 2. The maximum absolute atomic E-state index is 12.6. The van der Waals surface area contributed by atoms with Crippen molar-refractivity contribution in [2.24, 2.45) is 0 Å². The van der Waals surface area contributed by atoms with Crippen LogP contribution >= 0.6 is 0 Å². The van der Waals surface area contributed by atoms with E-state index in [-0.39, 0.29) is 36.0 Å². The molecule has 4 rings (SSSR count). The number of nitrogens with one attached hydrogen (secondary N) is 1. The number of carbonyl (C=O) groups is 2. The van der Waals surface area contributed by atoms with Crippen molar-refractivity contribution in [3.8, 4) is 5.75 Å². The Kier molecular flexibility index (Phi) is 6.95. The summed E-state index contributed by atoms with van der Waals surface area (Å²) in [6.45, 7) is 5.74. The summed E-state index contributed by atoms with van der Waals surface area (Å²) in [5.41, 5.74) is 0.577. The molecule has 0 unspecified atom stereocenters. The van der Waals surface area contributed by atoms with Crippen LogP contribution in [0.5, 0.6) is 5.75 Å². The van der Waals surface area contributed by atoms with Crippen LogP contribution in [-0.2, 0) is 9.53 Å². The van der Waals surface area contributed by atoms with E-state index in [1.165, 1.54) is 0 Å². The van der Waals surface area contributed by atoms with E-state index in [4.69, 9.17) is 9.47 Å². The van der Waals surface area contributed by atoms with Crippen LogP contribution in [0.1, 0.15) is 62.3 Å². The van der Waals surface area contributed by atoms with Gasteiger partial charge in [-0.1, -0.05) is 12.1 Å². The number of esters is 1. The predicted octanol–water partition coefficient (Wildman–Crippen LogP) is 4.01. The van der Waals surface area contributed by atoms with Crippen LogP contribution in [0.15, 0.2) is 53.3 Å². The first-order chi connectivity index (χ1) is 16.3. The third-order valence-electron chi connectivity index (χ3n) is 6.23. The van der Waals surface area contributed by atoms with Crippen LogP contribution in [0.4, 0.5) is 0 Å². The molecule has 1 aliphatic rings. The summed E-state index contributed by atoms with van der Waals surface area (Å²) in [7, 11) is 0. The van der Waals surface area contributed by atoms with E-state index >= 15 is 0 Å². The Hall–Kier alpha value is -3.68. The van der Waals surface area contributed by atoms with Crippen molar-refractivity contribution in [2.75, 3.05) is 6.61 Å². The first-order valence-electron chi connectivity index (χ1n) is 11.6. The molecule has 0 saturated carbocycles. The average Bonchev–Trinajstić information content (AvgIpc) is 2.83. The lowest BCUT2D eigenvalue weighted by molar-refractivity contribution is -0.139. The summed E-state index contributed by atoms with van der Waals surface area (Å²) in [4.78, 5) is 46.5. The monoisotopic (exact) mass is 463 g/mol. The molecule has 34 heavy (non-hydrogen) atoms. The average molecular weight is 464 g/mol. The van der Waals surface area contributed by atoms with Crippen molar-refractivity contribution in [3.63, 3.8) is 0 Å². The molecule has 0 spiro atoms. The molecule has 1 N–H and O–H groups in total. The quantitative estimate of drug-likeness (QED) is 0.554. The summed E-state index contributed by atoms with van der Waals surface area (Å²) >= 11 is 0. The van der Waals surface area contributed by atoms with Crippen molar-refractivity contribution in [3.05, 3.63) is 70.3 Å². The minimum absolute atomic E-state index is 0.0334. The number of aromatic nitrogens is 2. The topological polar surface area (TPSA) is 102 Å². The third kappa shape index (κ3) is 5.11. The fourth-order valence-electron chi connectivity index (χ4n) is 4.40. The Morgan fingerprint density at radius 1 is 1.09 bits per heavy atom. The van der Waals surface area contributed by atoms with Gasteiger partial charge in [-0.25, -0.2) is 9.78 Å². The Labute approximate surface area is 197 Å². The highest BCUT2D eigenvalue weighted by Crippen LogP contribution is 2.23. The molecule has 8 heteroatoms. The number of nitrogens with zero attached hydrogens (tertiary/aromatic N) is 2. The van der Waals surface area contributed by atoms with Gasteiger partial charge in [0.25, 0.3) is 11.5 Å². The Bertz CT molecular complexity index is 1230. The highest BCUT2D eigenvalue weighted by Gasteiger charge is 2.29. The van der Waals surface area contributed by atoms with Crippen molar-refractivity contribution in [2.45, 2.75) is 58.2 Å². The fourth-order valence-corrected chi connectivity index (χ4v) is 4.40. The van der Waals surface area contributed by atoms with Crippen LogP contribution < -0.4 is 10.3 Å². The standard InChI is InChI=1S/C26H29N3O5/c1-16-7-6-8-17(2)29(16)23(30)15-33-20-13-11-19(12-14-20)26(32)34-18(3)24-27-22-10-5-4-9-21(22)25(31)28-24/h4-5,9-14,16-18H,6-8,15H2,1-3H3,(H,27,28,31)/t16-,17+,18-/m1/s1. The minimum Gasteiger partial charge on any atom is -0.484 e. The molecule has 3 aromatic rings. The number of hydrogen-bond donors (Lipinski definition) is 1. The van der Waals surface area contributed by atoms with Gasteiger partial charge in [-0.2, -0.15) is 0 Å². The SMILES string of the molecule is C[C@@H]1CCC[C@H](C)N1C(=O)COc1ccc(C(=O)O[C@H](C)c2nc3ccccc3c(=O)[nH]2)cc1. The Morgan fingerprint density at radius 3 is 2.47 bits per heavy atom. The van der Waals surface area contributed by atoms with Gasteiger partial charge in [-0.3, -0.25) is 9.59 Å². The highest BCUT2D eigenvalue weighted by molar-refractivity contribution is 5.89. The number of ether oxygens (including phenoxy) is 2. The number of fused-ring (bicyclic) bond motifs is 1. The molecule has 178 valence electrons. The molecule has 1 fully saturated rings. The van der Waals surface area contributed by atoms with Gasteiger partial charge in [0.2, 0.25) is 0 Å². The molecule has 2 aromatic carbocycles. The number of piperidine rings is 1. The number of likely N-dealkylation sites (tertiary alicyclic amines) is 1. The smallest absolute Gasteiger partial charge is 0.338 e. The fraction of sp³-hybridized carbons (Fsp3) is 0.385. The van der Waals surface area contributed by atoms with E-state index in [1.54, 1.807) is 55.5 Å². The van der Waals surface area contributed by atoms with Crippen LogP contribution in [0.25, 0.3) is 10.9 Å². The summed E-state index contributed by atoms with van der Waals surface area (Å²) in [6, 6.07) is 13.8. The molecule has 2 heterocycles. The van der Waals surface area contributed by atoms with Crippen LogP contribution in [-0.4, -0.2) is 45.4 Å². The summed E-state index contributed by atoms with van der Waals surface area (Å²) in [5, 5.41) is 0.475. The first kappa shape index (κ1) is 23.5. The number of benzene rings is 2. The molecule has 0 radical (unpaired) electrons. The lowest BCUT2D eigenvalue weighted by atomic mass is 9.97. The van der Waals surface area contributed by atoms with E-state index in [9.17, 15) is 14.4 Å². The Balaban J connectivity index is 1.36. The van der Waals surface area contributed by atoms with Gasteiger partial charge in [0.1, 0.15) is 5.75 Å². The number of hydrogen-bond acceptors (Lipinski definition) is 6. The van der Waals surface area contributed by atoms with Gasteiger partial charge < -0.3 is 19.4 Å². The summed E-state index contributed by atoms with van der Waals surface area (Å²) in [5.74, 6) is 0.184. The van der Waals surface area contributed by atoms with Gasteiger partial charge in [-0.05, 0) is 76.4 Å². The maximum atomic E-state index is 12.6.